The summed E-state index contributed by atoms with van der Waals surface area (Å²) in [7, 11) is 1.78. The number of amides is 2. The number of para-hydroxylation sites is 1. The highest BCUT2D eigenvalue weighted by molar-refractivity contribution is 5.88. The molecule has 6 heteroatoms. The van der Waals surface area contributed by atoms with E-state index in [1.807, 2.05) is 54.6 Å². The Labute approximate surface area is 178 Å². The molecular formula is C24H31N3O3. The largest absolute Gasteiger partial charge is 0.457 e. The summed E-state index contributed by atoms with van der Waals surface area (Å²) in [4.78, 5) is 29.0. The minimum Gasteiger partial charge on any atom is -0.457 e. The molecular weight excluding hydrogens is 378 g/mol. The third-order valence-electron chi connectivity index (χ3n) is 5.16. The molecule has 30 heavy (non-hydrogen) atoms. The molecule has 0 spiro atoms. The van der Waals surface area contributed by atoms with Crippen LogP contribution >= 0.6 is 0 Å². The van der Waals surface area contributed by atoms with Crippen molar-refractivity contribution >= 4 is 11.8 Å². The van der Waals surface area contributed by atoms with Crippen molar-refractivity contribution in [1.82, 2.24) is 15.1 Å². The van der Waals surface area contributed by atoms with Gasteiger partial charge in [-0.25, -0.2) is 0 Å². The molecule has 160 valence electrons. The highest BCUT2D eigenvalue weighted by Gasteiger charge is 2.32. The van der Waals surface area contributed by atoms with Crippen molar-refractivity contribution in [2.45, 2.75) is 32.9 Å². The fourth-order valence-corrected chi connectivity index (χ4v) is 3.64. The Bertz CT molecular complexity index is 837. The van der Waals surface area contributed by atoms with Crippen LogP contribution in [0.4, 0.5) is 0 Å². The predicted molar refractivity (Wildman–Crippen MR) is 117 cm³/mol. The molecule has 1 aliphatic rings. The van der Waals surface area contributed by atoms with Gasteiger partial charge in [0.15, 0.2) is 0 Å². The predicted octanol–water partition coefficient (Wildman–Crippen LogP) is 3.28. The van der Waals surface area contributed by atoms with E-state index in [9.17, 15) is 9.59 Å². The Balaban J connectivity index is 1.56. The van der Waals surface area contributed by atoms with Crippen molar-refractivity contribution in [3.8, 4) is 11.5 Å². The second-order valence-electron chi connectivity index (χ2n) is 8.21. The zero-order chi connectivity index (χ0) is 21.5. The van der Waals surface area contributed by atoms with Gasteiger partial charge in [0.1, 0.15) is 11.5 Å². The molecule has 6 nitrogen and oxygen atoms in total. The number of hydrogen-bond acceptors (Lipinski definition) is 4. The quantitative estimate of drug-likeness (QED) is 0.727. The molecule has 1 heterocycles. The zero-order valence-corrected chi connectivity index (χ0v) is 18.0. The molecule has 2 aromatic rings. The van der Waals surface area contributed by atoms with Crippen LogP contribution in [0, 0.1) is 5.92 Å². The molecule has 0 aromatic heterocycles. The van der Waals surface area contributed by atoms with Crippen LogP contribution in [0.1, 0.15) is 25.8 Å². The summed E-state index contributed by atoms with van der Waals surface area (Å²) in [6, 6.07) is 17.0. The second-order valence-corrected chi connectivity index (χ2v) is 8.21. The number of rotatable bonds is 8. The molecule has 0 bridgehead atoms. The van der Waals surface area contributed by atoms with Crippen LogP contribution in [0.15, 0.2) is 54.6 Å². The van der Waals surface area contributed by atoms with Gasteiger partial charge in [0.25, 0.3) is 0 Å². The summed E-state index contributed by atoms with van der Waals surface area (Å²) in [5.41, 5.74) is 1.01. The molecule has 2 amide bonds. The van der Waals surface area contributed by atoms with Crippen LogP contribution in [0.2, 0.25) is 0 Å². The molecule has 0 saturated carbocycles. The first-order valence-corrected chi connectivity index (χ1v) is 10.5. The number of nitrogens with zero attached hydrogens (tertiary/aromatic N) is 2. The highest BCUT2D eigenvalue weighted by atomic mass is 16.5. The van der Waals surface area contributed by atoms with Crippen LogP contribution < -0.4 is 10.1 Å². The first-order valence-electron chi connectivity index (χ1n) is 10.5. The van der Waals surface area contributed by atoms with E-state index >= 15 is 0 Å². The number of carbonyl (C=O) groups excluding carboxylic acids is 2. The van der Waals surface area contributed by atoms with Gasteiger partial charge in [-0.3, -0.25) is 14.5 Å². The number of carbonyl (C=O) groups is 2. The molecule has 1 N–H and O–H groups in total. The van der Waals surface area contributed by atoms with Gasteiger partial charge in [-0.05, 0) is 35.7 Å². The Morgan fingerprint density at radius 1 is 1.13 bits per heavy atom. The molecule has 1 fully saturated rings. The smallest absolute Gasteiger partial charge is 0.237 e. The van der Waals surface area contributed by atoms with Gasteiger partial charge in [0.2, 0.25) is 11.8 Å². The Morgan fingerprint density at radius 3 is 2.47 bits per heavy atom. The normalized spacial score (nSPS) is 16.9. The van der Waals surface area contributed by atoms with E-state index in [1.165, 1.54) is 0 Å². The SMILES string of the molecule is CC(C)CN1CCNC(=O)C1CC(=O)N(C)Cc1ccc(Oc2ccccc2)cc1. The molecule has 3 rings (SSSR count). The van der Waals surface area contributed by atoms with Gasteiger partial charge >= 0.3 is 0 Å². The third-order valence-corrected chi connectivity index (χ3v) is 5.16. The van der Waals surface area contributed by atoms with E-state index in [1.54, 1.807) is 11.9 Å². The summed E-state index contributed by atoms with van der Waals surface area (Å²) in [5.74, 6) is 1.90. The Kier molecular flexibility index (Phi) is 7.46. The van der Waals surface area contributed by atoms with Crippen molar-refractivity contribution in [2.24, 2.45) is 5.92 Å². The summed E-state index contributed by atoms with van der Waals surface area (Å²) in [6.45, 7) is 6.99. The first kappa shape index (κ1) is 21.8. The Hall–Kier alpha value is -2.86. The fourth-order valence-electron chi connectivity index (χ4n) is 3.64. The lowest BCUT2D eigenvalue weighted by Gasteiger charge is -2.36. The van der Waals surface area contributed by atoms with E-state index in [-0.39, 0.29) is 18.2 Å². The van der Waals surface area contributed by atoms with E-state index in [4.69, 9.17) is 4.74 Å². The summed E-state index contributed by atoms with van der Waals surface area (Å²) in [5, 5.41) is 2.89. The molecule has 1 saturated heterocycles. The third kappa shape index (κ3) is 6.07. The molecule has 2 aromatic carbocycles. The van der Waals surface area contributed by atoms with E-state index in [0.29, 0.717) is 19.0 Å². The number of hydrogen-bond donors (Lipinski definition) is 1. The monoisotopic (exact) mass is 409 g/mol. The average Bonchev–Trinajstić information content (AvgIpc) is 2.72. The number of ether oxygens (including phenoxy) is 1. The van der Waals surface area contributed by atoms with Crippen LogP contribution in [0.5, 0.6) is 11.5 Å². The van der Waals surface area contributed by atoms with E-state index in [2.05, 4.69) is 24.1 Å². The van der Waals surface area contributed by atoms with Crippen LogP contribution in [0.25, 0.3) is 0 Å². The lowest BCUT2D eigenvalue weighted by molar-refractivity contribution is -0.138. The summed E-state index contributed by atoms with van der Waals surface area (Å²) in [6.07, 6.45) is 0.199. The fraction of sp³-hybridized carbons (Fsp3) is 0.417. The molecule has 1 aliphatic heterocycles. The van der Waals surface area contributed by atoms with E-state index in [0.717, 1.165) is 30.2 Å². The van der Waals surface area contributed by atoms with Gasteiger partial charge < -0.3 is 15.0 Å². The minimum absolute atomic E-state index is 0.0320. The van der Waals surface area contributed by atoms with Gasteiger partial charge in [0, 0.05) is 33.2 Å². The highest BCUT2D eigenvalue weighted by Crippen LogP contribution is 2.22. The molecule has 0 aliphatic carbocycles. The van der Waals surface area contributed by atoms with Crippen molar-refractivity contribution in [2.75, 3.05) is 26.7 Å². The van der Waals surface area contributed by atoms with Crippen LogP contribution in [0.3, 0.4) is 0 Å². The van der Waals surface area contributed by atoms with Crippen molar-refractivity contribution < 1.29 is 14.3 Å². The molecule has 1 unspecified atom stereocenters. The van der Waals surface area contributed by atoms with Crippen molar-refractivity contribution in [1.29, 1.82) is 0 Å². The zero-order valence-electron chi connectivity index (χ0n) is 18.0. The lowest BCUT2D eigenvalue weighted by Crippen LogP contribution is -2.57. The first-order chi connectivity index (χ1) is 14.4. The van der Waals surface area contributed by atoms with Crippen LogP contribution in [-0.2, 0) is 16.1 Å². The Morgan fingerprint density at radius 2 is 1.80 bits per heavy atom. The maximum atomic E-state index is 12.8. The van der Waals surface area contributed by atoms with Crippen LogP contribution in [-0.4, -0.2) is 54.3 Å². The van der Waals surface area contributed by atoms with E-state index < -0.39 is 6.04 Å². The standard InChI is InChI=1S/C24H31N3O3/c1-18(2)16-27-14-13-25-24(29)22(27)15-23(28)26(3)17-19-9-11-21(12-10-19)30-20-7-5-4-6-8-20/h4-12,18,22H,13-17H2,1-3H3,(H,25,29). The van der Waals surface area contributed by atoms with Crippen molar-refractivity contribution in [3.63, 3.8) is 0 Å². The molecule has 0 radical (unpaired) electrons. The number of nitrogens with one attached hydrogen (secondary N) is 1. The maximum Gasteiger partial charge on any atom is 0.237 e. The van der Waals surface area contributed by atoms with Gasteiger partial charge in [-0.15, -0.1) is 0 Å². The van der Waals surface area contributed by atoms with Gasteiger partial charge in [-0.1, -0.05) is 44.2 Å². The van der Waals surface area contributed by atoms with Gasteiger partial charge in [-0.2, -0.15) is 0 Å². The second kappa shape index (κ2) is 10.3. The van der Waals surface area contributed by atoms with Crippen molar-refractivity contribution in [3.05, 3.63) is 60.2 Å². The summed E-state index contributed by atoms with van der Waals surface area (Å²) < 4.78 is 5.81. The number of piperazine rings is 1. The average molecular weight is 410 g/mol. The minimum atomic E-state index is -0.391. The van der Waals surface area contributed by atoms with Gasteiger partial charge in [0.05, 0.1) is 12.5 Å². The lowest BCUT2D eigenvalue weighted by atomic mass is 10.1. The maximum absolute atomic E-state index is 12.8. The topological polar surface area (TPSA) is 61.9 Å². The summed E-state index contributed by atoms with van der Waals surface area (Å²) >= 11 is 0. The molecule has 1 atom stereocenters. The number of benzene rings is 2.